The Balaban J connectivity index is 1.41. The molecule has 6 nitrogen and oxygen atoms in total. The van der Waals surface area contributed by atoms with Crippen LogP contribution in [0.4, 0.5) is 10.1 Å². The second-order valence-electron chi connectivity index (χ2n) is 8.04. The predicted octanol–water partition coefficient (Wildman–Crippen LogP) is 5.25. The summed E-state index contributed by atoms with van der Waals surface area (Å²) in [7, 11) is 0. The molecule has 2 aromatic carbocycles. The zero-order valence-corrected chi connectivity index (χ0v) is 18.7. The molecule has 1 N–H and O–H groups in total. The van der Waals surface area contributed by atoms with E-state index in [1.165, 1.54) is 28.2 Å². The van der Waals surface area contributed by atoms with Gasteiger partial charge in [0.25, 0.3) is 5.56 Å². The maximum atomic E-state index is 14.2. The predicted molar refractivity (Wildman–Crippen MR) is 127 cm³/mol. The van der Waals surface area contributed by atoms with Gasteiger partial charge in [-0.25, -0.2) is 14.1 Å². The summed E-state index contributed by atoms with van der Waals surface area (Å²) in [6.45, 7) is 1.65. The molecule has 1 fully saturated rings. The van der Waals surface area contributed by atoms with E-state index in [0.717, 1.165) is 18.5 Å². The number of amides is 1. The molecule has 2 aromatic heterocycles. The SMILES string of the molecule is CC(C(=O)Nc1ccccc1-c1csc(-c2ccccc2F)n1)n1nc(C2CC2)ccc1=O. The molecule has 0 radical (unpaired) electrons. The number of aromatic nitrogens is 3. The van der Waals surface area contributed by atoms with Crippen molar-refractivity contribution < 1.29 is 9.18 Å². The summed E-state index contributed by atoms with van der Waals surface area (Å²) in [6.07, 6.45) is 2.11. The van der Waals surface area contributed by atoms with Crippen molar-refractivity contribution in [1.29, 1.82) is 0 Å². The van der Waals surface area contributed by atoms with E-state index in [0.29, 0.717) is 33.4 Å². The second kappa shape index (κ2) is 8.71. The van der Waals surface area contributed by atoms with Crippen molar-refractivity contribution in [3.05, 3.63) is 87.9 Å². The van der Waals surface area contributed by atoms with Gasteiger partial charge in [-0.1, -0.05) is 30.3 Å². The monoisotopic (exact) mass is 460 g/mol. The van der Waals surface area contributed by atoms with Crippen molar-refractivity contribution in [1.82, 2.24) is 14.8 Å². The molecule has 1 unspecified atom stereocenters. The number of thiazole rings is 1. The van der Waals surface area contributed by atoms with Crippen molar-refractivity contribution in [3.8, 4) is 21.8 Å². The van der Waals surface area contributed by atoms with Crippen LogP contribution in [0.15, 0.2) is 70.8 Å². The molecule has 1 aliphatic rings. The Hall–Kier alpha value is -3.65. The van der Waals surface area contributed by atoms with Crippen molar-refractivity contribution in [2.24, 2.45) is 0 Å². The van der Waals surface area contributed by atoms with Crippen LogP contribution in [0.25, 0.3) is 21.8 Å². The largest absolute Gasteiger partial charge is 0.324 e. The van der Waals surface area contributed by atoms with Crippen molar-refractivity contribution >= 4 is 22.9 Å². The number of nitrogens with one attached hydrogen (secondary N) is 1. The van der Waals surface area contributed by atoms with E-state index >= 15 is 0 Å². The van der Waals surface area contributed by atoms with Gasteiger partial charge in [0, 0.05) is 28.5 Å². The molecule has 0 saturated heterocycles. The van der Waals surface area contributed by atoms with Gasteiger partial charge in [0.1, 0.15) is 16.9 Å². The smallest absolute Gasteiger partial charge is 0.267 e. The zero-order valence-electron chi connectivity index (χ0n) is 17.9. The lowest BCUT2D eigenvalue weighted by atomic mass is 10.1. The summed E-state index contributed by atoms with van der Waals surface area (Å²) in [4.78, 5) is 30.0. The third-order valence-electron chi connectivity index (χ3n) is 5.66. The van der Waals surface area contributed by atoms with Gasteiger partial charge in [0.15, 0.2) is 0 Å². The third-order valence-corrected chi connectivity index (χ3v) is 6.53. The minimum atomic E-state index is -0.784. The molecule has 0 aliphatic heterocycles. The van der Waals surface area contributed by atoms with Crippen molar-refractivity contribution in [3.63, 3.8) is 0 Å². The fourth-order valence-electron chi connectivity index (χ4n) is 3.63. The summed E-state index contributed by atoms with van der Waals surface area (Å²) in [6, 6.07) is 16.2. The first-order chi connectivity index (χ1) is 16.0. The Kier molecular flexibility index (Phi) is 5.60. The average Bonchev–Trinajstić information content (AvgIpc) is 3.56. The molecule has 166 valence electrons. The van der Waals surface area contributed by atoms with Crippen LogP contribution in [-0.2, 0) is 4.79 Å². The first-order valence-corrected chi connectivity index (χ1v) is 11.6. The Morgan fingerprint density at radius 2 is 1.82 bits per heavy atom. The number of para-hydroxylation sites is 1. The van der Waals surface area contributed by atoms with Crippen LogP contribution >= 0.6 is 11.3 Å². The number of nitrogens with zero attached hydrogens (tertiary/aromatic N) is 3. The maximum absolute atomic E-state index is 14.2. The van der Waals surface area contributed by atoms with Gasteiger partial charge in [0.05, 0.1) is 17.1 Å². The number of carbonyl (C=O) groups is 1. The van der Waals surface area contributed by atoms with Crippen LogP contribution in [0.5, 0.6) is 0 Å². The van der Waals surface area contributed by atoms with Gasteiger partial charge in [0.2, 0.25) is 5.91 Å². The molecule has 1 atom stereocenters. The topological polar surface area (TPSA) is 76.9 Å². The Morgan fingerprint density at radius 1 is 1.09 bits per heavy atom. The van der Waals surface area contributed by atoms with Crippen LogP contribution in [0.3, 0.4) is 0 Å². The van der Waals surface area contributed by atoms with Crippen molar-refractivity contribution in [2.45, 2.75) is 31.7 Å². The number of rotatable bonds is 6. The lowest BCUT2D eigenvalue weighted by Crippen LogP contribution is -2.33. The second-order valence-corrected chi connectivity index (χ2v) is 8.90. The molecule has 33 heavy (non-hydrogen) atoms. The number of hydrogen-bond acceptors (Lipinski definition) is 5. The van der Waals surface area contributed by atoms with Gasteiger partial charge in [-0.2, -0.15) is 5.10 Å². The quantitative estimate of drug-likeness (QED) is 0.426. The summed E-state index contributed by atoms with van der Waals surface area (Å²) in [5.41, 5.74) is 2.87. The molecular formula is C25H21FN4O2S. The highest BCUT2D eigenvalue weighted by Gasteiger charge is 2.27. The van der Waals surface area contributed by atoms with Crippen LogP contribution in [0.1, 0.15) is 37.4 Å². The standard InChI is InChI=1S/C25H21FN4O2S/c1-15(30-23(31)13-12-20(29-30)16-10-11-16)24(32)27-21-9-5-3-7-18(21)22-14-33-25(28-22)17-6-2-4-8-19(17)26/h2-9,12-16H,10-11H2,1H3,(H,27,32). The number of anilines is 1. The molecule has 0 bridgehead atoms. The van der Waals surface area contributed by atoms with Gasteiger partial charge >= 0.3 is 0 Å². The summed E-state index contributed by atoms with van der Waals surface area (Å²) >= 11 is 1.34. The summed E-state index contributed by atoms with van der Waals surface area (Å²) in [5.74, 6) is -0.309. The molecule has 2 heterocycles. The molecule has 4 aromatic rings. The molecular weight excluding hydrogens is 439 g/mol. The highest BCUT2D eigenvalue weighted by Crippen LogP contribution is 2.38. The molecule has 5 rings (SSSR count). The molecule has 1 aliphatic carbocycles. The normalized spacial score (nSPS) is 14.1. The number of carbonyl (C=O) groups excluding carboxylic acids is 1. The van der Waals surface area contributed by atoms with E-state index in [1.807, 2.05) is 23.6 Å². The molecule has 1 amide bonds. The molecule has 8 heteroatoms. The Bertz CT molecular complexity index is 1390. The third kappa shape index (κ3) is 4.34. The van der Waals surface area contributed by atoms with Crippen molar-refractivity contribution in [2.75, 3.05) is 5.32 Å². The van der Waals surface area contributed by atoms with Crippen LogP contribution in [0, 0.1) is 5.82 Å². The number of halogens is 1. The lowest BCUT2D eigenvalue weighted by molar-refractivity contribution is -0.119. The van der Waals surface area contributed by atoms with E-state index in [9.17, 15) is 14.0 Å². The van der Waals surface area contributed by atoms with Gasteiger partial charge in [-0.05, 0) is 44.0 Å². The van der Waals surface area contributed by atoms with Gasteiger partial charge in [-0.3, -0.25) is 9.59 Å². The Morgan fingerprint density at radius 3 is 2.58 bits per heavy atom. The molecule has 1 saturated carbocycles. The van der Waals surface area contributed by atoms with Crippen LogP contribution in [-0.4, -0.2) is 20.7 Å². The van der Waals surface area contributed by atoms with Gasteiger partial charge < -0.3 is 5.32 Å². The average molecular weight is 461 g/mol. The van der Waals surface area contributed by atoms with E-state index in [2.05, 4.69) is 15.4 Å². The minimum absolute atomic E-state index is 0.315. The fraction of sp³-hybridized carbons (Fsp3) is 0.200. The zero-order chi connectivity index (χ0) is 22.9. The summed E-state index contributed by atoms with van der Waals surface area (Å²) in [5, 5.41) is 9.73. The molecule has 0 spiro atoms. The fourth-order valence-corrected chi connectivity index (χ4v) is 4.48. The van der Waals surface area contributed by atoms with Gasteiger partial charge in [-0.15, -0.1) is 11.3 Å². The number of benzene rings is 2. The first kappa shape index (κ1) is 21.2. The van der Waals surface area contributed by atoms with E-state index in [1.54, 1.807) is 37.3 Å². The lowest BCUT2D eigenvalue weighted by Gasteiger charge is -2.16. The Labute approximate surface area is 193 Å². The van der Waals surface area contributed by atoms with E-state index < -0.39 is 6.04 Å². The van der Waals surface area contributed by atoms with Crippen LogP contribution < -0.4 is 10.9 Å². The first-order valence-electron chi connectivity index (χ1n) is 10.7. The maximum Gasteiger partial charge on any atom is 0.267 e. The minimum Gasteiger partial charge on any atom is -0.324 e. The summed E-state index contributed by atoms with van der Waals surface area (Å²) < 4.78 is 15.4. The van der Waals surface area contributed by atoms with Crippen LogP contribution in [0.2, 0.25) is 0 Å². The highest BCUT2D eigenvalue weighted by atomic mass is 32.1. The number of hydrogen-bond donors (Lipinski definition) is 1. The van der Waals surface area contributed by atoms with E-state index in [4.69, 9.17) is 0 Å². The van der Waals surface area contributed by atoms with E-state index in [-0.39, 0.29) is 17.3 Å². The highest BCUT2D eigenvalue weighted by molar-refractivity contribution is 7.13.